The topological polar surface area (TPSA) is 79.9 Å². The van der Waals surface area contributed by atoms with Gasteiger partial charge in [0.05, 0.1) is 26.6 Å². The second kappa shape index (κ2) is 8.54. The van der Waals surface area contributed by atoms with E-state index in [2.05, 4.69) is 17.6 Å². The van der Waals surface area contributed by atoms with E-state index in [0.717, 1.165) is 12.8 Å². The van der Waals surface area contributed by atoms with Gasteiger partial charge in [-0.15, -0.1) is 0 Å². The van der Waals surface area contributed by atoms with Gasteiger partial charge in [0.25, 0.3) is 0 Å². The molecule has 2 rings (SSSR count). The maximum absolute atomic E-state index is 12.2. The van der Waals surface area contributed by atoms with Crippen LogP contribution in [0.2, 0.25) is 0 Å². The zero-order valence-electron chi connectivity index (χ0n) is 14.4. The third-order valence-electron chi connectivity index (χ3n) is 4.00. The smallest absolute Gasteiger partial charge is 0.244 e. The molecule has 2 N–H and O–H groups in total. The van der Waals surface area contributed by atoms with Gasteiger partial charge >= 0.3 is 0 Å². The molecule has 7 heteroatoms. The molecule has 0 bridgehead atoms. The molecule has 0 spiro atoms. The average Bonchev–Trinajstić information content (AvgIpc) is 2.58. The van der Waals surface area contributed by atoms with Gasteiger partial charge < -0.3 is 19.7 Å². The van der Waals surface area contributed by atoms with Gasteiger partial charge in [0.2, 0.25) is 11.8 Å². The number of anilines is 1. The van der Waals surface area contributed by atoms with Crippen molar-refractivity contribution in [2.75, 3.05) is 32.7 Å². The highest BCUT2D eigenvalue weighted by molar-refractivity contribution is 5.96. The summed E-state index contributed by atoms with van der Waals surface area (Å²) in [7, 11) is 3.09. The summed E-state index contributed by atoms with van der Waals surface area (Å²) in [5, 5.41) is 6.07. The molecule has 0 aliphatic carbocycles. The standard InChI is InChI=1S/C17H25N3O4/c1-4-5-12-8-17(22)20(11-18-12)10-16(21)19-14-7-6-13(23-2)9-15(14)24-3/h6-7,9,12,18H,4-5,8,10-11H2,1-3H3,(H,19,21). The molecule has 1 fully saturated rings. The third-order valence-corrected chi connectivity index (χ3v) is 4.00. The van der Waals surface area contributed by atoms with Crippen molar-refractivity contribution >= 4 is 17.5 Å². The fourth-order valence-corrected chi connectivity index (χ4v) is 2.70. The summed E-state index contributed by atoms with van der Waals surface area (Å²) in [6, 6.07) is 5.35. The Balaban J connectivity index is 1.93. The van der Waals surface area contributed by atoms with Crippen molar-refractivity contribution < 1.29 is 19.1 Å². The lowest BCUT2D eigenvalue weighted by Crippen LogP contribution is -2.52. The summed E-state index contributed by atoms with van der Waals surface area (Å²) in [6.45, 7) is 2.50. The second-order valence-corrected chi connectivity index (χ2v) is 5.76. The van der Waals surface area contributed by atoms with Crippen molar-refractivity contribution in [2.45, 2.75) is 32.2 Å². The number of nitrogens with zero attached hydrogens (tertiary/aromatic N) is 1. The molecule has 1 unspecified atom stereocenters. The molecule has 2 amide bonds. The van der Waals surface area contributed by atoms with E-state index < -0.39 is 0 Å². The lowest BCUT2D eigenvalue weighted by atomic mass is 10.1. The molecule has 1 heterocycles. The van der Waals surface area contributed by atoms with Gasteiger partial charge in [0.1, 0.15) is 18.0 Å². The van der Waals surface area contributed by atoms with Gasteiger partial charge in [-0.1, -0.05) is 13.3 Å². The molecule has 0 radical (unpaired) electrons. The normalized spacial score (nSPS) is 17.5. The predicted octanol–water partition coefficient (Wildman–Crippen LogP) is 1.59. The molecule has 1 aliphatic rings. The number of rotatable bonds is 7. The van der Waals surface area contributed by atoms with Crippen molar-refractivity contribution in [3.63, 3.8) is 0 Å². The number of hydrogen-bond acceptors (Lipinski definition) is 5. The molecule has 0 aromatic heterocycles. The summed E-state index contributed by atoms with van der Waals surface area (Å²) in [5.74, 6) is 0.891. The number of hydrogen-bond donors (Lipinski definition) is 2. The number of carbonyl (C=O) groups excluding carboxylic acids is 2. The predicted molar refractivity (Wildman–Crippen MR) is 91.2 cm³/mol. The highest BCUT2D eigenvalue weighted by Gasteiger charge is 2.26. The molecular formula is C17H25N3O4. The van der Waals surface area contributed by atoms with Crippen LogP contribution in [-0.4, -0.2) is 50.2 Å². The van der Waals surface area contributed by atoms with Crippen molar-refractivity contribution in [1.82, 2.24) is 10.2 Å². The minimum Gasteiger partial charge on any atom is -0.497 e. The number of nitrogens with one attached hydrogen (secondary N) is 2. The van der Waals surface area contributed by atoms with Crippen LogP contribution >= 0.6 is 0 Å². The van der Waals surface area contributed by atoms with E-state index in [9.17, 15) is 9.59 Å². The van der Waals surface area contributed by atoms with E-state index in [4.69, 9.17) is 9.47 Å². The first-order valence-electron chi connectivity index (χ1n) is 8.10. The lowest BCUT2D eigenvalue weighted by molar-refractivity contribution is -0.138. The minimum absolute atomic E-state index is 0.00375. The van der Waals surface area contributed by atoms with E-state index in [1.807, 2.05) is 0 Å². The van der Waals surface area contributed by atoms with Crippen molar-refractivity contribution in [3.8, 4) is 11.5 Å². The van der Waals surface area contributed by atoms with Crippen LogP contribution in [0.25, 0.3) is 0 Å². The average molecular weight is 335 g/mol. The molecule has 0 saturated carbocycles. The lowest BCUT2D eigenvalue weighted by Gasteiger charge is -2.32. The Bertz CT molecular complexity index is 591. The first-order chi connectivity index (χ1) is 11.6. The highest BCUT2D eigenvalue weighted by atomic mass is 16.5. The van der Waals surface area contributed by atoms with Crippen LogP contribution in [0.5, 0.6) is 11.5 Å². The number of benzene rings is 1. The van der Waals surface area contributed by atoms with E-state index >= 15 is 0 Å². The summed E-state index contributed by atoms with van der Waals surface area (Å²) >= 11 is 0. The van der Waals surface area contributed by atoms with Gasteiger partial charge in [-0.3, -0.25) is 14.9 Å². The summed E-state index contributed by atoms with van der Waals surface area (Å²) in [4.78, 5) is 25.9. The molecule has 132 valence electrons. The van der Waals surface area contributed by atoms with Gasteiger partial charge in [-0.2, -0.15) is 0 Å². The van der Waals surface area contributed by atoms with Gasteiger partial charge in [0.15, 0.2) is 0 Å². The Morgan fingerprint density at radius 3 is 2.79 bits per heavy atom. The Labute approximate surface area is 142 Å². The van der Waals surface area contributed by atoms with Crippen LogP contribution < -0.4 is 20.1 Å². The fourth-order valence-electron chi connectivity index (χ4n) is 2.70. The van der Waals surface area contributed by atoms with Crippen LogP contribution in [0.15, 0.2) is 18.2 Å². The maximum Gasteiger partial charge on any atom is 0.244 e. The van der Waals surface area contributed by atoms with Crippen LogP contribution in [-0.2, 0) is 9.59 Å². The Morgan fingerprint density at radius 2 is 2.17 bits per heavy atom. The van der Waals surface area contributed by atoms with Crippen molar-refractivity contribution in [1.29, 1.82) is 0 Å². The molecule has 1 saturated heterocycles. The Morgan fingerprint density at radius 1 is 1.38 bits per heavy atom. The van der Waals surface area contributed by atoms with Gasteiger partial charge in [-0.05, 0) is 18.6 Å². The number of methoxy groups -OCH3 is 2. The monoisotopic (exact) mass is 335 g/mol. The van der Waals surface area contributed by atoms with E-state index in [-0.39, 0.29) is 24.4 Å². The van der Waals surface area contributed by atoms with Gasteiger partial charge in [-0.25, -0.2) is 0 Å². The summed E-state index contributed by atoms with van der Waals surface area (Å²) < 4.78 is 10.4. The quantitative estimate of drug-likeness (QED) is 0.791. The van der Waals surface area contributed by atoms with Gasteiger partial charge in [0, 0.05) is 18.5 Å². The summed E-state index contributed by atoms with van der Waals surface area (Å²) in [6.07, 6.45) is 2.44. The molecular weight excluding hydrogens is 310 g/mol. The van der Waals surface area contributed by atoms with Crippen LogP contribution in [0.3, 0.4) is 0 Å². The van der Waals surface area contributed by atoms with E-state index in [1.54, 1.807) is 25.3 Å². The van der Waals surface area contributed by atoms with E-state index in [0.29, 0.717) is 30.3 Å². The van der Waals surface area contributed by atoms with Crippen molar-refractivity contribution in [2.24, 2.45) is 0 Å². The number of carbonyl (C=O) groups is 2. The first-order valence-corrected chi connectivity index (χ1v) is 8.10. The largest absolute Gasteiger partial charge is 0.497 e. The number of ether oxygens (including phenoxy) is 2. The molecule has 7 nitrogen and oxygen atoms in total. The highest BCUT2D eigenvalue weighted by Crippen LogP contribution is 2.29. The van der Waals surface area contributed by atoms with E-state index in [1.165, 1.54) is 12.0 Å². The fraction of sp³-hybridized carbons (Fsp3) is 0.529. The number of amides is 2. The third kappa shape index (κ3) is 4.61. The van der Waals surface area contributed by atoms with Crippen LogP contribution in [0.1, 0.15) is 26.2 Å². The molecule has 1 atom stereocenters. The summed E-state index contributed by atoms with van der Waals surface area (Å²) in [5.41, 5.74) is 0.546. The zero-order chi connectivity index (χ0) is 17.5. The maximum atomic E-state index is 12.2. The van der Waals surface area contributed by atoms with Crippen molar-refractivity contribution in [3.05, 3.63) is 18.2 Å². The van der Waals surface area contributed by atoms with Crippen LogP contribution in [0.4, 0.5) is 5.69 Å². The molecule has 1 aliphatic heterocycles. The molecule has 24 heavy (non-hydrogen) atoms. The van der Waals surface area contributed by atoms with Crippen LogP contribution in [0, 0.1) is 0 Å². The Kier molecular flexibility index (Phi) is 6.43. The minimum atomic E-state index is -0.262. The SMILES string of the molecule is CCCC1CC(=O)N(CC(=O)Nc2ccc(OC)cc2OC)CN1. The Hall–Kier alpha value is -2.28. The second-order valence-electron chi connectivity index (χ2n) is 5.76. The molecule has 1 aromatic carbocycles. The first kappa shape index (κ1) is 18.1. The zero-order valence-corrected chi connectivity index (χ0v) is 14.4. The molecule has 1 aromatic rings.